The first-order valence-corrected chi connectivity index (χ1v) is 5.55. The molecule has 4 nitrogen and oxygen atoms in total. The Labute approximate surface area is 90.2 Å². The van der Waals surface area contributed by atoms with Gasteiger partial charge in [-0.1, -0.05) is 6.92 Å². The molecule has 3 rings (SSSR count). The molecule has 0 saturated carbocycles. The number of rotatable bonds is 3. The van der Waals surface area contributed by atoms with Gasteiger partial charge in [0.05, 0.1) is 13.2 Å². The number of nitrogens with zero attached hydrogens (tertiary/aromatic N) is 1. The van der Waals surface area contributed by atoms with E-state index in [2.05, 4.69) is 11.8 Å². The normalized spacial score (nSPS) is 44.7. The van der Waals surface area contributed by atoms with E-state index in [0.29, 0.717) is 12.5 Å². The minimum Gasteiger partial charge on any atom is -0.394 e. The number of methoxy groups -OCH3 is 1. The fourth-order valence-electron chi connectivity index (χ4n) is 3.05. The summed E-state index contributed by atoms with van der Waals surface area (Å²) in [4.78, 5) is 14.4. The molecule has 2 bridgehead atoms. The lowest BCUT2D eigenvalue weighted by Crippen LogP contribution is -2.71. The summed E-state index contributed by atoms with van der Waals surface area (Å²) in [5.74, 6) is 0.719. The lowest BCUT2D eigenvalue weighted by molar-refractivity contribution is -0.163. The maximum Gasteiger partial charge on any atom is 0.161 e. The van der Waals surface area contributed by atoms with Gasteiger partial charge in [-0.2, -0.15) is 0 Å². The predicted molar refractivity (Wildman–Crippen MR) is 55.5 cm³/mol. The Hall–Kier alpha value is -0.450. The Morgan fingerprint density at radius 1 is 1.67 bits per heavy atom. The van der Waals surface area contributed by atoms with Gasteiger partial charge in [-0.15, -0.1) is 0 Å². The van der Waals surface area contributed by atoms with Crippen LogP contribution in [0.15, 0.2) is 0 Å². The predicted octanol–water partition coefficient (Wildman–Crippen LogP) is -0.0954. The molecule has 0 aromatic heterocycles. The third-order valence-corrected chi connectivity index (χ3v) is 3.95. The smallest absolute Gasteiger partial charge is 0.161 e. The maximum atomic E-state index is 12.3. The van der Waals surface area contributed by atoms with E-state index in [1.54, 1.807) is 7.11 Å². The van der Waals surface area contributed by atoms with Crippen LogP contribution in [0.3, 0.4) is 0 Å². The Bertz CT molecular complexity index is 269. The van der Waals surface area contributed by atoms with E-state index in [-0.39, 0.29) is 18.3 Å². The zero-order chi connectivity index (χ0) is 11.1. The van der Waals surface area contributed by atoms with Crippen molar-refractivity contribution in [1.29, 1.82) is 0 Å². The summed E-state index contributed by atoms with van der Waals surface area (Å²) < 4.78 is 5.11. The topological polar surface area (TPSA) is 49.8 Å². The first kappa shape index (κ1) is 11.0. The molecule has 4 heteroatoms. The average Bonchev–Trinajstić information content (AvgIpc) is 2.23. The number of aliphatic hydroxyl groups excluding tert-OH is 1. The highest BCUT2D eigenvalue weighted by Crippen LogP contribution is 2.39. The second-order valence-electron chi connectivity index (χ2n) is 4.81. The molecule has 0 amide bonds. The summed E-state index contributed by atoms with van der Waals surface area (Å²) in [5, 5.41) is 9.51. The quantitative estimate of drug-likeness (QED) is 0.711. The number of carbonyl (C=O) groups excluding carboxylic acids is 1. The molecule has 1 N–H and O–H groups in total. The molecule has 3 heterocycles. The molecule has 0 aliphatic carbocycles. The zero-order valence-corrected chi connectivity index (χ0v) is 9.40. The maximum absolute atomic E-state index is 12.3. The van der Waals surface area contributed by atoms with Gasteiger partial charge in [0.1, 0.15) is 5.54 Å². The monoisotopic (exact) mass is 213 g/mol. The number of Topliss-reactive ketones (excluding diaryl/α,β-unsaturated/α-hetero) is 1. The second kappa shape index (κ2) is 3.85. The van der Waals surface area contributed by atoms with Gasteiger partial charge in [0.15, 0.2) is 5.78 Å². The molecule has 86 valence electrons. The van der Waals surface area contributed by atoms with Crippen LogP contribution in [0.4, 0.5) is 0 Å². The highest BCUT2D eigenvalue weighted by Gasteiger charge is 2.55. The number of piperidine rings is 3. The van der Waals surface area contributed by atoms with Crippen molar-refractivity contribution in [1.82, 2.24) is 4.90 Å². The Kier molecular flexibility index (Phi) is 2.83. The van der Waals surface area contributed by atoms with Crippen LogP contribution in [-0.2, 0) is 9.53 Å². The standard InChI is InChI=1S/C11H19NO3/c1-8-5-12-4-3-9(8)10(14)11(12,6-13)7-15-2/h8-9,13H,3-7H2,1-2H3/t8-,9+,11+/m1/s1. The van der Waals surface area contributed by atoms with Gasteiger partial charge < -0.3 is 9.84 Å². The van der Waals surface area contributed by atoms with Crippen molar-refractivity contribution < 1.29 is 14.6 Å². The summed E-state index contributed by atoms with van der Waals surface area (Å²) >= 11 is 0. The van der Waals surface area contributed by atoms with E-state index in [1.165, 1.54) is 0 Å². The van der Waals surface area contributed by atoms with Crippen LogP contribution < -0.4 is 0 Å². The summed E-state index contributed by atoms with van der Waals surface area (Å²) in [5.41, 5.74) is -0.746. The summed E-state index contributed by atoms with van der Waals surface area (Å²) in [6, 6.07) is 0. The van der Waals surface area contributed by atoms with Crippen LogP contribution in [0.1, 0.15) is 13.3 Å². The summed E-state index contributed by atoms with van der Waals surface area (Å²) in [6.07, 6.45) is 0.936. The van der Waals surface area contributed by atoms with E-state index in [1.807, 2.05) is 0 Å². The molecule has 1 unspecified atom stereocenters. The summed E-state index contributed by atoms with van der Waals surface area (Å²) in [7, 11) is 1.58. The first-order chi connectivity index (χ1) is 7.15. The van der Waals surface area contributed by atoms with Crippen molar-refractivity contribution in [3.63, 3.8) is 0 Å². The van der Waals surface area contributed by atoms with Crippen molar-refractivity contribution >= 4 is 5.78 Å². The number of ketones is 1. The number of fused-ring (bicyclic) bond motifs is 3. The molecule has 3 saturated heterocycles. The molecule has 0 aromatic rings. The van der Waals surface area contributed by atoms with Gasteiger partial charge in [0.25, 0.3) is 0 Å². The largest absolute Gasteiger partial charge is 0.394 e. The highest BCUT2D eigenvalue weighted by atomic mass is 16.5. The number of carbonyl (C=O) groups is 1. The molecular formula is C11H19NO3. The average molecular weight is 213 g/mol. The third kappa shape index (κ3) is 1.43. The van der Waals surface area contributed by atoms with Crippen molar-refractivity contribution in [2.24, 2.45) is 11.8 Å². The van der Waals surface area contributed by atoms with E-state index in [4.69, 9.17) is 4.74 Å². The minimum absolute atomic E-state index is 0.122. The number of hydrogen-bond donors (Lipinski definition) is 1. The Morgan fingerprint density at radius 2 is 2.40 bits per heavy atom. The van der Waals surface area contributed by atoms with Gasteiger partial charge in [0.2, 0.25) is 0 Å². The molecule has 0 spiro atoms. The molecule has 4 atom stereocenters. The Morgan fingerprint density at radius 3 is 2.87 bits per heavy atom. The van der Waals surface area contributed by atoms with Crippen molar-refractivity contribution in [2.75, 3.05) is 33.4 Å². The third-order valence-electron chi connectivity index (χ3n) is 3.95. The van der Waals surface area contributed by atoms with Gasteiger partial charge in [0, 0.05) is 19.6 Å². The molecule has 15 heavy (non-hydrogen) atoms. The molecule has 3 fully saturated rings. The van der Waals surface area contributed by atoms with E-state index in [9.17, 15) is 9.90 Å². The van der Waals surface area contributed by atoms with Gasteiger partial charge >= 0.3 is 0 Å². The summed E-state index contributed by atoms with van der Waals surface area (Å²) in [6.45, 7) is 4.11. The SMILES string of the molecule is COC[C@@]1(CO)C(=O)[C@H]2CCN1C[C@H]2C. The van der Waals surface area contributed by atoms with Crippen molar-refractivity contribution in [3.05, 3.63) is 0 Å². The van der Waals surface area contributed by atoms with E-state index in [0.717, 1.165) is 19.5 Å². The number of hydrogen-bond acceptors (Lipinski definition) is 4. The molecule has 0 aromatic carbocycles. The Balaban J connectivity index is 2.29. The highest BCUT2D eigenvalue weighted by molar-refractivity contribution is 5.92. The van der Waals surface area contributed by atoms with Gasteiger partial charge in [-0.05, 0) is 18.9 Å². The van der Waals surface area contributed by atoms with E-state index >= 15 is 0 Å². The van der Waals surface area contributed by atoms with Crippen LogP contribution in [-0.4, -0.2) is 54.7 Å². The number of ether oxygens (including phenoxy) is 1. The number of aliphatic hydroxyl groups is 1. The lowest BCUT2D eigenvalue weighted by Gasteiger charge is -2.54. The van der Waals surface area contributed by atoms with E-state index < -0.39 is 5.54 Å². The fourth-order valence-corrected chi connectivity index (χ4v) is 3.05. The van der Waals surface area contributed by atoms with Crippen LogP contribution >= 0.6 is 0 Å². The van der Waals surface area contributed by atoms with Crippen molar-refractivity contribution in [3.8, 4) is 0 Å². The molecule has 3 aliphatic heterocycles. The first-order valence-electron chi connectivity index (χ1n) is 5.55. The molecular weight excluding hydrogens is 194 g/mol. The lowest BCUT2D eigenvalue weighted by atomic mass is 9.69. The van der Waals surface area contributed by atoms with Crippen LogP contribution in [0.2, 0.25) is 0 Å². The van der Waals surface area contributed by atoms with Gasteiger partial charge in [-0.25, -0.2) is 0 Å². The van der Waals surface area contributed by atoms with Crippen LogP contribution in [0, 0.1) is 11.8 Å². The van der Waals surface area contributed by atoms with Gasteiger partial charge in [-0.3, -0.25) is 9.69 Å². The van der Waals surface area contributed by atoms with Crippen LogP contribution in [0.25, 0.3) is 0 Å². The molecule has 0 radical (unpaired) electrons. The minimum atomic E-state index is -0.746. The zero-order valence-electron chi connectivity index (χ0n) is 9.40. The van der Waals surface area contributed by atoms with Crippen molar-refractivity contribution in [2.45, 2.75) is 18.9 Å². The van der Waals surface area contributed by atoms with Crippen LogP contribution in [0.5, 0.6) is 0 Å². The second-order valence-corrected chi connectivity index (χ2v) is 4.81. The molecule has 3 aliphatic rings. The fraction of sp³-hybridized carbons (Fsp3) is 0.909.